The number of piperazine rings is 1. The van der Waals surface area contributed by atoms with Crippen molar-refractivity contribution < 1.29 is 22.4 Å². The molecule has 15 heteroatoms. The first kappa shape index (κ1) is 40.1. The summed E-state index contributed by atoms with van der Waals surface area (Å²) in [5.41, 5.74) is 4.99. The molecule has 3 aliphatic rings. The Bertz CT molecular complexity index is 2390. The van der Waals surface area contributed by atoms with Crippen molar-refractivity contribution in [2.75, 3.05) is 66.1 Å². The second-order valence-electron chi connectivity index (χ2n) is 16.2. The zero-order valence-corrected chi connectivity index (χ0v) is 34.3. The Morgan fingerprint density at radius 3 is 2.29 bits per heavy atom. The fourth-order valence-electron chi connectivity index (χ4n) is 8.49. The maximum absolute atomic E-state index is 16.0. The van der Waals surface area contributed by atoms with E-state index in [0.717, 1.165) is 87.0 Å². The van der Waals surface area contributed by atoms with Crippen LogP contribution in [-0.2, 0) is 19.6 Å². The van der Waals surface area contributed by atoms with E-state index in [9.17, 15) is 18.0 Å². The van der Waals surface area contributed by atoms with Gasteiger partial charge in [-0.15, -0.1) is 0 Å². The number of carbonyl (C=O) groups excluding carboxylic acids is 2. The molecule has 2 aromatic carbocycles. The Hall–Kier alpha value is -5.67. The quantitative estimate of drug-likeness (QED) is 0.139. The summed E-state index contributed by atoms with van der Waals surface area (Å²) in [6.45, 7) is 10.8. The van der Waals surface area contributed by atoms with Crippen molar-refractivity contribution in [3.8, 4) is 28.1 Å². The second kappa shape index (κ2) is 16.9. The first-order valence-corrected chi connectivity index (χ1v) is 22.0. The highest BCUT2D eigenvalue weighted by atomic mass is 32.2. The molecule has 1 atom stereocenters. The maximum Gasteiger partial charge on any atom is 0.234 e. The number of halogens is 1. The number of sulfonamides is 1. The maximum atomic E-state index is 16.0. The summed E-state index contributed by atoms with van der Waals surface area (Å²) in [4.78, 5) is 40.0. The largest absolute Gasteiger partial charge is 0.369 e. The van der Waals surface area contributed by atoms with Crippen LogP contribution in [0.15, 0.2) is 91.5 Å². The summed E-state index contributed by atoms with van der Waals surface area (Å²) in [6, 6.07) is 20.6. The number of hydrogen-bond donors (Lipinski definition) is 2. The third-order valence-electron chi connectivity index (χ3n) is 11.9. The van der Waals surface area contributed by atoms with Crippen LogP contribution in [0.1, 0.15) is 57.4 Å². The van der Waals surface area contributed by atoms with E-state index in [4.69, 9.17) is 10.1 Å². The summed E-state index contributed by atoms with van der Waals surface area (Å²) < 4.78 is 45.2. The number of rotatable bonds is 12. The van der Waals surface area contributed by atoms with Crippen molar-refractivity contribution in [2.45, 2.75) is 51.9 Å². The van der Waals surface area contributed by atoms with Crippen molar-refractivity contribution in [1.82, 2.24) is 30.0 Å². The van der Waals surface area contributed by atoms with Gasteiger partial charge in [0, 0.05) is 99.4 Å². The van der Waals surface area contributed by atoms with Crippen LogP contribution in [0.2, 0.25) is 0 Å². The molecule has 6 heterocycles. The molecule has 2 amide bonds. The lowest BCUT2D eigenvalue weighted by Crippen LogP contribution is -2.51. The first-order chi connectivity index (χ1) is 28.5. The van der Waals surface area contributed by atoms with Gasteiger partial charge in [0.15, 0.2) is 5.82 Å². The number of carbonyl (C=O) groups is 2. The molecule has 308 valence electrons. The summed E-state index contributed by atoms with van der Waals surface area (Å²) in [5, 5.41) is 7.34. The number of nitrogens with one attached hydrogen (secondary N) is 2. The number of benzene rings is 2. The summed E-state index contributed by atoms with van der Waals surface area (Å²) in [5.74, 6) is -0.605. The Balaban J connectivity index is 0.886. The number of piperidine rings is 2. The highest BCUT2D eigenvalue weighted by molar-refractivity contribution is 7.92. The van der Waals surface area contributed by atoms with E-state index in [1.807, 2.05) is 36.4 Å². The van der Waals surface area contributed by atoms with Crippen LogP contribution in [0.25, 0.3) is 28.1 Å². The number of aromatic nitrogens is 4. The molecule has 3 aromatic heterocycles. The number of pyridine rings is 2. The van der Waals surface area contributed by atoms with Gasteiger partial charge in [0.2, 0.25) is 21.8 Å². The minimum Gasteiger partial charge on any atom is -0.369 e. The lowest BCUT2D eigenvalue weighted by Gasteiger charge is -2.45. The molecular formula is C44H50FN9O4S. The van der Waals surface area contributed by atoms with E-state index in [1.54, 1.807) is 48.5 Å². The molecule has 0 bridgehead atoms. The summed E-state index contributed by atoms with van der Waals surface area (Å²) >= 11 is 0. The van der Waals surface area contributed by atoms with Crippen molar-refractivity contribution in [3.05, 3.63) is 103 Å². The van der Waals surface area contributed by atoms with E-state index in [2.05, 4.69) is 48.8 Å². The van der Waals surface area contributed by atoms with E-state index in [-0.39, 0.29) is 40.2 Å². The zero-order chi connectivity index (χ0) is 41.1. The van der Waals surface area contributed by atoms with Crippen LogP contribution in [0.3, 0.4) is 0 Å². The fourth-order valence-corrected chi connectivity index (χ4v) is 9.62. The SMILES string of the molecule is CCCS(=O)(=O)Nc1cccc(-c2cn(-c3ccc(N4CCN(CC5(C)CCN(c6ccc([C@@H]7CCC(=O)NC7=O)cn6)CC5)CC4)cc3)nc2-c2ccncc2)c1F. The Labute approximate surface area is 344 Å². The molecule has 3 saturated heterocycles. The topological polar surface area (TPSA) is 146 Å². The van der Waals surface area contributed by atoms with Crippen LogP contribution >= 0.6 is 0 Å². The van der Waals surface area contributed by atoms with Crippen molar-refractivity contribution >= 4 is 39.0 Å². The van der Waals surface area contributed by atoms with Gasteiger partial charge in [0.25, 0.3) is 0 Å². The average molecular weight is 820 g/mol. The van der Waals surface area contributed by atoms with Gasteiger partial charge in [-0.3, -0.25) is 29.5 Å². The van der Waals surface area contributed by atoms with Gasteiger partial charge in [0.1, 0.15) is 11.5 Å². The van der Waals surface area contributed by atoms with Crippen molar-refractivity contribution in [2.24, 2.45) is 5.41 Å². The van der Waals surface area contributed by atoms with E-state index in [1.165, 1.54) is 6.07 Å². The number of amides is 2. The highest BCUT2D eigenvalue weighted by Crippen LogP contribution is 2.37. The second-order valence-corrected chi connectivity index (χ2v) is 18.0. The molecule has 2 N–H and O–H groups in total. The van der Waals surface area contributed by atoms with E-state index >= 15 is 4.39 Å². The number of nitrogens with zero attached hydrogens (tertiary/aromatic N) is 7. The molecule has 5 aromatic rings. The molecule has 59 heavy (non-hydrogen) atoms. The molecule has 0 aliphatic carbocycles. The summed E-state index contributed by atoms with van der Waals surface area (Å²) in [7, 11) is -3.69. The predicted molar refractivity (Wildman–Crippen MR) is 227 cm³/mol. The predicted octanol–water partition coefficient (Wildman–Crippen LogP) is 6.24. The van der Waals surface area contributed by atoms with Crippen LogP contribution in [-0.4, -0.2) is 96.4 Å². The van der Waals surface area contributed by atoms with Crippen LogP contribution in [0.4, 0.5) is 21.6 Å². The average Bonchev–Trinajstić information content (AvgIpc) is 3.68. The third-order valence-corrected chi connectivity index (χ3v) is 13.3. The molecule has 0 spiro atoms. The van der Waals surface area contributed by atoms with Gasteiger partial charge in [0.05, 0.1) is 23.0 Å². The van der Waals surface area contributed by atoms with E-state index in [0.29, 0.717) is 30.5 Å². The van der Waals surface area contributed by atoms with Gasteiger partial charge < -0.3 is 9.80 Å². The monoisotopic (exact) mass is 819 g/mol. The number of anilines is 3. The Morgan fingerprint density at radius 2 is 1.61 bits per heavy atom. The minimum atomic E-state index is -3.69. The first-order valence-electron chi connectivity index (χ1n) is 20.4. The fraction of sp³-hybridized carbons (Fsp3) is 0.386. The standard InChI is InChI=1S/C44H50FN9O4S/c1-3-27-59(57,58)50-38-6-4-5-36(41(38)45)37-29-54(49-42(37)31-15-19-46-20-16-31)34-10-8-33(9-11-34)52-25-23-51(24-26-52)30-44(2)17-21-53(22-18-44)39-13-7-32(28-47-39)35-12-14-40(55)48-43(35)56/h4-11,13,15-16,19-20,28-29,35,50H,3,12,14,17-18,21-27,30H2,1-2H3,(H,48,55,56)/t35-/m0/s1. The summed E-state index contributed by atoms with van der Waals surface area (Å²) in [6.07, 6.45) is 10.3. The van der Waals surface area contributed by atoms with Crippen LogP contribution in [0, 0.1) is 11.2 Å². The normalized spacial score (nSPS) is 18.8. The molecule has 0 saturated carbocycles. The molecule has 3 fully saturated rings. The van der Waals surface area contributed by atoms with Gasteiger partial charge in [-0.2, -0.15) is 5.10 Å². The lowest BCUT2D eigenvalue weighted by molar-refractivity contribution is -0.134. The van der Waals surface area contributed by atoms with Crippen LogP contribution < -0.4 is 19.8 Å². The zero-order valence-electron chi connectivity index (χ0n) is 33.5. The van der Waals surface area contributed by atoms with Crippen LogP contribution in [0.5, 0.6) is 0 Å². The smallest absolute Gasteiger partial charge is 0.234 e. The van der Waals surface area contributed by atoms with Gasteiger partial charge in [-0.1, -0.05) is 32.0 Å². The van der Waals surface area contributed by atoms with Gasteiger partial charge in [-0.05, 0) is 85.2 Å². The Kier molecular flexibility index (Phi) is 11.5. The lowest BCUT2D eigenvalue weighted by atomic mass is 9.79. The van der Waals surface area contributed by atoms with Gasteiger partial charge in [-0.25, -0.2) is 22.5 Å². The minimum absolute atomic E-state index is 0.0985. The molecular weight excluding hydrogens is 770 g/mol. The number of hydrogen-bond acceptors (Lipinski definition) is 10. The molecule has 13 nitrogen and oxygen atoms in total. The molecule has 0 radical (unpaired) electrons. The highest BCUT2D eigenvalue weighted by Gasteiger charge is 2.34. The molecule has 3 aliphatic heterocycles. The number of imide groups is 1. The van der Waals surface area contributed by atoms with Crippen molar-refractivity contribution in [3.63, 3.8) is 0 Å². The molecule has 0 unspecified atom stereocenters. The molecule has 8 rings (SSSR count). The Morgan fingerprint density at radius 1 is 0.881 bits per heavy atom. The third kappa shape index (κ3) is 9.00. The van der Waals surface area contributed by atoms with Crippen molar-refractivity contribution in [1.29, 1.82) is 0 Å². The van der Waals surface area contributed by atoms with Gasteiger partial charge >= 0.3 is 0 Å². The van der Waals surface area contributed by atoms with E-state index < -0.39 is 15.8 Å².